The fourth-order valence-electron chi connectivity index (χ4n) is 1.75. The summed E-state index contributed by atoms with van der Waals surface area (Å²) in [6, 6.07) is 8.11. The van der Waals surface area contributed by atoms with Crippen molar-refractivity contribution >= 4 is 11.8 Å². The van der Waals surface area contributed by atoms with E-state index in [1.165, 1.54) is 23.5 Å². The molecule has 0 fully saturated rings. The van der Waals surface area contributed by atoms with Crippen LogP contribution in [0.25, 0.3) is 0 Å². The summed E-state index contributed by atoms with van der Waals surface area (Å²) in [5.41, 5.74) is 2.37. The summed E-state index contributed by atoms with van der Waals surface area (Å²) >= 11 is 0. The van der Waals surface area contributed by atoms with E-state index in [4.69, 9.17) is 5.11 Å². The van der Waals surface area contributed by atoms with Crippen molar-refractivity contribution in [3.8, 4) is 0 Å². The Balaban J connectivity index is 2.14. The number of benzene rings is 1. The van der Waals surface area contributed by atoms with Crippen LogP contribution in [0.4, 0.5) is 5.82 Å². The minimum Gasteiger partial charge on any atom is -0.476 e. The molecule has 0 atom stereocenters. The zero-order valence-electron chi connectivity index (χ0n) is 10.9. The number of aromatic nitrogens is 2. The van der Waals surface area contributed by atoms with Crippen LogP contribution in [0.2, 0.25) is 0 Å². The van der Waals surface area contributed by atoms with Gasteiger partial charge < -0.3 is 10.0 Å². The Kier molecular flexibility index (Phi) is 3.75. The van der Waals surface area contributed by atoms with Gasteiger partial charge >= 0.3 is 5.97 Å². The largest absolute Gasteiger partial charge is 0.476 e. The molecule has 0 aliphatic heterocycles. The van der Waals surface area contributed by atoms with Gasteiger partial charge in [-0.25, -0.2) is 14.8 Å². The predicted octanol–water partition coefficient (Wildman–Crippen LogP) is 2.12. The molecule has 0 spiro atoms. The minimum absolute atomic E-state index is 0.0481. The van der Waals surface area contributed by atoms with Gasteiger partial charge in [-0.2, -0.15) is 0 Å². The topological polar surface area (TPSA) is 66.3 Å². The smallest absolute Gasteiger partial charge is 0.356 e. The van der Waals surface area contributed by atoms with Crippen LogP contribution in [-0.2, 0) is 6.54 Å². The third kappa shape index (κ3) is 3.07. The molecular formula is C14H15N3O2. The van der Waals surface area contributed by atoms with Gasteiger partial charge in [0.25, 0.3) is 0 Å². The molecule has 2 rings (SSSR count). The van der Waals surface area contributed by atoms with Crippen LogP contribution < -0.4 is 4.90 Å². The van der Waals surface area contributed by atoms with E-state index in [2.05, 4.69) is 29.0 Å². The van der Waals surface area contributed by atoms with Gasteiger partial charge in [-0.05, 0) is 18.1 Å². The normalized spacial score (nSPS) is 10.2. The highest BCUT2D eigenvalue weighted by molar-refractivity contribution is 5.84. The summed E-state index contributed by atoms with van der Waals surface area (Å²) in [4.78, 5) is 20.6. The number of aromatic carboxylic acids is 1. The molecule has 0 saturated carbocycles. The number of carboxylic acids is 1. The lowest BCUT2D eigenvalue weighted by Crippen LogP contribution is -2.19. The molecule has 1 aromatic carbocycles. The lowest BCUT2D eigenvalue weighted by atomic mass is 10.1. The Hall–Kier alpha value is -2.43. The number of nitrogens with zero attached hydrogens (tertiary/aromatic N) is 3. The van der Waals surface area contributed by atoms with Gasteiger partial charge in [0, 0.05) is 13.6 Å². The summed E-state index contributed by atoms with van der Waals surface area (Å²) in [5.74, 6) is -0.422. The van der Waals surface area contributed by atoms with Crippen molar-refractivity contribution in [1.82, 2.24) is 9.97 Å². The fourth-order valence-corrected chi connectivity index (χ4v) is 1.75. The molecule has 0 saturated heterocycles. The van der Waals surface area contributed by atoms with Crippen molar-refractivity contribution < 1.29 is 9.90 Å². The Morgan fingerprint density at radius 2 is 2.00 bits per heavy atom. The molecule has 0 unspecified atom stereocenters. The number of anilines is 1. The first-order valence-electron chi connectivity index (χ1n) is 5.89. The molecule has 0 bridgehead atoms. The van der Waals surface area contributed by atoms with Crippen LogP contribution in [-0.4, -0.2) is 28.1 Å². The zero-order valence-corrected chi connectivity index (χ0v) is 10.9. The van der Waals surface area contributed by atoms with Gasteiger partial charge in [-0.1, -0.05) is 24.3 Å². The number of carbonyl (C=O) groups is 1. The molecule has 0 aliphatic rings. The number of hydrogen-bond donors (Lipinski definition) is 1. The average molecular weight is 257 g/mol. The molecule has 19 heavy (non-hydrogen) atoms. The third-order valence-electron chi connectivity index (χ3n) is 2.92. The number of aryl methyl sites for hydroxylation is 1. The van der Waals surface area contributed by atoms with Crippen LogP contribution in [0.15, 0.2) is 36.7 Å². The number of hydrogen-bond acceptors (Lipinski definition) is 4. The van der Waals surface area contributed by atoms with E-state index in [0.29, 0.717) is 12.4 Å². The van der Waals surface area contributed by atoms with Crippen molar-refractivity contribution in [3.63, 3.8) is 0 Å². The lowest BCUT2D eigenvalue weighted by molar-refractivity contribution is 0.0690. The van der Waals surface area contributed by atoms with E-state index in [1.54, 1.807) is 0 Å². The molecule has 1 N–H and O–H groups in total. The predicted molar refractivity (Wildman–Crippen MR) is 72.3 cm³/mol. The second kappa shape index (κ2) is 5.48. The first kappa shape index (κ1) is 13.0. The van der Waals surface area contributed by atoms with Gasteiger partial charge in [0.1, 0.15) is 5.82 Å². The maximum Gasteiger partial charge on any atom is 0.356 e. The first-order chi connectivity index (χ1) is 9.08. The molecule has 98 valence electrons. The van der Waals surface area contributed by atoms with Crippen molar-refractivity contribution in [2.75, 3.05) is 11.9 Å². The SMILES string of the molecule is Cc1ccccc1CN(C)c1cnc(C(=O)O)cn1. The monoisotopic (exact) mass is 257 g/mol. The minimum atomic E-state index is -1.07. The van der Waals surface area contributed by atoms with Crippen LogP contribution >= 0.6 is 0 Å². The molecule has 2 aromatic rings. The van der Waals surface area contributed by atoms with Crippen LogP contribution in [0.5, 0.6) is 0 Å². The van der Waals surface area contributed by atoms with Crippen molar-refractivity contribution in [3.05, 3.63) is 53.5 Å². The van der Waals surface area contributed by atoms with E-state index in [9.17, 15) is 4.79 Å². The van der Waals surface area contributed by atoms with E-state index in [0.717, 1.165) is 0 Å². The van der Waals surface area contributed by atoms with Crippen molar-refractivity contribution in [2.24, 2.45) is 0 Å². The second-order valence-electron chi connectivity index (χ2n) is 4.35. The highest BCUT2D eigenvalue weighted by Gasteiger charge is 2.08. The van der Waals surface area contributed by atoms with Gasteiger partial charge in [-0.15, -0.1) is 0 Å². The van der Waals surface area contributed by atoms with Crippen molar-refractivity contribution in [2.45, 2.75) is 13.5 Å². The van der Waals surface area contributed by atoms with Crippen LogP contribution in [0, 0.1) is 6.92 Å². The maximum absolute atomic E-state index is 10.7. The van der Waals surface area contributed by atoms with Gasteiger partial charge in [0.15, 0.2) is 5.69 Å². The Bertz CT molecular complexity index is 581. The zero-order chi connectivity index (χ0) is 13.8. The van der Waals surface area contributed by atoms with Crippen LogP contribution in [0.3, 0.4) is 0 Å². The molecule has 0 amide bonds. The molecular weight excluding hydrogens is 242 g/mol. The first-order valence-corrected chi connectivity index (χ1v) is 5.89. The summed E-state index contributed by atoms with van der Waals surface area (Å²) in [7, 11) is 1.90. The molecule has 5 nitrogen and oxygen atoms in total. The molecule has 0 radical (unpaired) electrons. The van der Waals surface area contributed by atoms with E-state index < -0.39 is 5.97 Å². The van der Waals surface area contributed by atoms with E-state index >= 15 is 0 Å². The van der Waals surface area contributed by atoms with Gasteiger partial charge in [-0.3, -0.25) is 0 Å². The molecule has 1 aromatic heterocycles. The van der Waals surface area contributed by atoms with Crippen molar-refractivity contribution in [1.29, 1.82) is 0 Å². The highest BCUT2D eigenvalue weighted by Crippen LogP contribution is 2.14. The summed E-state index contributed by atoms with van der Waals surface area (Å²) in [6.45, 7) is 2.76. The lowest BCUT2D eigenvalue weighted by Gasteiger charge is -2.18. The third-order valence-corrected chi connectivity index (χ3v) is 2.92. The maximum atomic E-state index is 10.7. The standard InChI is InChI=1S/C14H15N3O2/c1-10-5-3-4-6-11(10)9-17(2)13-8-15-12(7-16-13)14(18)19/h3-8H,9H2,1-2H3,(H,18,19). The summed E-state index contributed by atoms with van der Waals surface area (Å²) < 4.78 is 0. The summed E-state index contributed by atoms with van der Waals surface area (Å²) in [5, 5.41) is 8.77. The molecule has 0 aliphatic carbocycles. The fraction of sp³-hybridized carbons (Fsp3) is 0.214. The number of carboxylic acid groups (broad SMARTS) is 1. The Labute approximate surface area is 111 Å². The highest BCUT2D eigenvalue weighted by atomic mass is 16.4. The Morgan fingerprint density at radius 3 is 2.58 bits per heavy atom. The van der Waals surface area contributed by atoms with E-state index in [1.807, 2.05) is 24.1 Å². The van der Waals surface area contributed by atoms with Gasteiger partial charge in [0.2, 0.25) is 0 Å². The van der Waals surface area contributed by atoms with Crippen LogP contribution in [0.1, 0.15) is 21.6 Å². The van der Waals surface area contributed by atoms with E-state index in [-0.39, 0.29) is 5.69 Å². The Morgan fingerprint density at radius 1 is 1.26 bits per heavy atom. The number of rotatable bonds is 4. The summed E-state index contributed by atoms with van der Waals surface area (Å²) in [6.07, 6.45) is 2.74. The quantitative estimate of drug-likeness (QED) is 0.908. The molecule has 1 heterocycles. The average Bonchev–Trinajstić information content (AvgIpc) is 2.41. The van der Waals surface area contributed by atoms with Gasteiger partial charge in [0.05, 0.1) is 12.4 Å². The second-order valence-corrected chi connectivity index (χ2v) is 4.35. The molecule has 5 heteroatoms.